The molecule has 0 radical (unpaired) electrons. The maximum absolute atomic E-state index is 14.8. The molecule has 0 saturated heterocycles. The van der Waals surface area contributed by atoms with Crippen LogP contribution in [-0.4, -0.2) is 37.1 Å². The summed E-state index contributed by atoms with van der Waals surface area (Å²) in [4.78, 5) is 17.1. The molecule has 0 saturated carbocycles. The van der Waals surface area contributed by atoms with Crippen LogP contribution >= 0.6 is 0 Å². The quantitative estimate of drug-likeness (QED) is 0.338. The number of nitrogens with one attached hydrogen (secondary N) is 2. The second-order valence-corrected chi connectivity index (χ2v) is 8.52. The number of hydrogen-bond acceptors (Lipinski definition) is 3. The van der Waals surface area contributed by atoms with Gasteiger partial charge in [0.1, 0.15) is 18.2 Å². The highest BCUT2D eigenvalue weighted by atomic mass is 19.1. The average Bonchev–Trinajstić information content (AvgIpc) is 3.21. The van der Waals surface area contributed by atoms with Crippen molar-refractivity contribution in [3.05, 3.63) is 102 Å². The van der Waals surface area contributed by atoms with E-state index in [0.29, 0.717) is 17.8 Å². The van der Waals surface area contributed by atoms with Crippen LogP contribution in [0.1, 0.15) is 27.7 Å². The largest absolute Gasteiger partial charge is 0.352 e. The molecule has 5 rings (SSSR count). The van der Waals surface area contributed by atoms with Crippen molar-refractivity contribution in [2.75, 3.05) is 20.3 Å². The Bertz CT molecular complexity index is 1270. The summed E-state index contributed by atoms with van der Waals surface area (Å²) in [7, 11) is 1.98. The maximum atomic E-state index is 14.8. The van der Waals surface area contributed by atoms with Crippen molar-refractivity contribution in [2.45, 2.75) is 12.1 Å². The number of H-pyrrole nitrogens is 1. The van der Waals surface area contributed by atoms with Crippen molar-refractivity contribution in [3.63, 3.8) is 0 Å². The zero-order chi connectivity index (χ0) is 22.3. The molecule has 0 bridgehead atoms. The van der Waals surface area contributed by atoms with E-state index in [1.165, 1.54) is 6.07 Å². The van der Waals surface area contributed by atoms with Gasteiger partial charge in [0.15, 0.2) is 6.04 Å². The number of Topliss-reactive ketones (excluding diaryl/α,β-unsaturated/α-hetero) is 1. The average molecular weight is 430 g/mol. The molecule has 3 unspecified atom stereocenters. The first kappa shape index (κ1) is 20.6. The highest BCUT2D eigenvalue weighted by molar-refractivity contribution is 6.03. The molecule has 0 aliphatic carbocycles. The van der Waals surface area contributed by atoms with E-state index in [0.717, 1.165) is 22.2 Å². The minimum absolute atomic E-state index is 0.0226. The summed E-state index contributed by atoms with van der Waals surface area (Å²) in [6.07, 6.45) is 0. The monoisotopic (exact) mass is 429 g/mol. The van der Waals surface area contributed by atoms with Crippen LogP contribution in [0, 0.1) is 5.82 Å². The first-order chi connectivity index (χ1) is 15.5. The highest BCUT2D eigenvalue weighted by Gasteiger charge is 2.45. The summed E-state index contributed by atoms with van der Waals surface area (Å²) in [5, 5.41) is 4.46. The van der Waals surface area contributed by atoms with E-state index in [-0.39, 0.29) is 28.8 Å². The van der Waals surface area contributed by atoms with Gasteiger partial charge in [0.05, 0.1) is 25.3 Å². The van der Waals surface area contributed by atoms with E-state index in [9.17, 15) is 9.18 Å². The molecule has 0 spiro atoms. The van der Waals surface area contributed by atoms with Gasteiger partial charge in [-0.3, -0.25) is 20.3 Å². The van der Waals surface area contributed by atoms with Gasteiger partial charge < -0.3 is 4.98 Å². The molecule has 2 heterocycles. The molecule has 4 N–H and O–H groups in total. The number of fused-ring (bicyclic) bond motifs is 2. The third-order valence-corrected chi connectivity index (χ3v) is 6.69. The van der Waals surface area contributed by atoms with Crippen molar-refractivity contribution in [1.29, 1.82) is 0 Å². The number of aromatic nitrogens is 1. The van der Waals surface area contributed by atoms with Crippen LogP contribution in [0.15, 0.2) is 78.9 Å². The van der Waals surface area contributed by atoms with E-state index in [4.69, 9.17) is 5.73 Å². The van der Waals surface area contributed by atoms with Crippen LogP contribution in [0.2, 0.25) is 0 Å². The van der Waals surface area contributed by atoms with Crippen LogP contribution in [0.3, 0.4) is 0 Å². The van der Waals surface area contributed by atoms with Gasteiger partial charge in [-0.25, -0.2) is 4.39 Å². The standard InChI is InChI=1S/C26H25FN4O/c1-31(16-28)23-13-7-4-10-19(23)25(18-9-3-5-11-20(18)27)29-15-24(31)26(32)22-14-17-8-2-6-12-21(17)30-22/h2-14,24-25,29H,15-16,28H2,1H3/p+1. The van der Waals surface area contributed by atoms with E-state index >= 15 is 0 Å². The van der Waals surface area contributed by atoms with Crippen molar-refractivity contribution in [1.82, 2.24) is 14.8 Å². The molecule has 5 nitrogen and oxygen atoms in total. The Morgan fingerprint density at radius 3 is 2.47 bits per heavy atom. The fraction of sp³-hybridized carbons (Fsp3) is 0.192. The molecule has 32 heavy (non-hydrogen) atoms. The first-order valence-electron chi connectivity index (χ1n) is 10.8. The van der Waals surface area contributed by atoms with Gasteiger partial charge in [-0.2, -0.15) is 0 Å². The Kier molecular flexibility index (Phi) is 5.13. The Labute approximate surface area is 186 Å². The summed E-state index contributed by atoms with van der Waals surface area (Å²) < 4.78 is 15.0. The predicted molar refractivity (Wildman–Crippen MR) is 126 cm³/mol. The molecular formula is C26H26FN4O+. The van der Waals surface area contributed by atoms with Crippen molar-refractivity contribution >= 4 is 22.4 Å². The van der Waals surface area contributed by atoms with E-state index in [1.54, 1.807) is 12.1 Å². The number of halogens is 1. The summed E-state index contributed by atoms with van der Waals surface area (Å²) in [6.45, 7) is 0.592. The number of carbonyl (C=O) groups is 1. The molecule has 1 aliphatic rings. The molecule has 4 aromatic rings. The Balaban J connectivity index is 1.63. The predicted octanol–water partition coefficient (Wildman–Crippen LogP) is 4.10. The lowest BCUT2D eigenvalue weighted by Gasteiger charge is -2.38. The van der Waals surface area contributed by atoms with Gasteiger partial charge in [0.25, 0.3) is 0 Å². The number of rotatable bonds is 4. The van der Waals surface area contributed by atoms with Crippen molar-refractivity contribution < 1.29 is 9.18 Å². The van der Waals surface area contributed by atoms with Gasteiger partial charge in [0.2, 0.25) is 5.78 Å². The van der Waals surface area contributed by atoms with Crippen LogP contribution < -0.4 is 15.5 Å². The number of likely N-dealkylation sites (N-methyl/N-ethyl adjacent to an activating group) is 1. The molecule has 1 aliphatic heterocycles. The van der Waals surface area contributed by atoms with Crippen molar-refractivity contribution in [3.8, 4) is 0 Å². The number of aromatic amines is 1. The van der Waals surface area contributed by atoms with Gasteiger partial charge in [-0.05, 0) is 24.3 Å². The molecule has 3 atom stereocenters. The molecular weight excluding hydrogens is 403 g/mol. The normalized spacial score (nSPS) is 23.0. The van der Waals surface area contributed by atoms with E-state index in [1.807, 2.05) is 67.7 Å². The van der Waals surface area contributed by atoms with Crippen LogP contribution in [0.25, 0.3) is 10.9 Å². The number of benzene rings is 3. The zero-order valence-electron chi connectivity index (χ0n) is 17.9. The number of ketones is 1. The molecule has 6 heteroatoms. The lowest BCUT2D eigenvalue weighted by Crippen LogP contribution is -2.62. The second kappa shape index (κ2) is 7.98. The topological polar surface area (TPSA) is 70.9 Å². The van der Waals surface area contributed by atoms with Gasteiger partial charge in [-0.15, -0.1) is 0 Å². The van der Waals surface area contributed by atoms with E-state index in [2.05, 4.69) is 10.3 Å². The van der Waals surface area contributed by atoms with Crippen LogP contribution in [0.4, 0.5) is 10.1 Å². The summed E-state index contributed by atoms with van der Waals surface area (Å²) in [6, 6.07) is 23.5. The zero-order valence-corrected chi connectivity index (χ0v) is 17.9. The Morgan fingerprint density at radius 1 is 1.03 bits per heavy atom. The first-order valence-corrected chi connectivity index (χ1v) is 10.8. The molecule has 162 valence electrons. The lowest BCUT2D eigenvalue weighted by atomic mass is 9.96. The van der Waals surface area contributed by atoms with Gasteiger partial charge >= 0.3 is 0 Å². The van der Waals surface area contributed by atoms with Gasteiger partial charge in [-0.1, -0.05) is 54.6 Å². The highest BCUT2D eigenvalue weighted by Crippen LogP contribution is 2.38. The van der Waals surface area contributed by atoms with Gasteiger partial charge in [0, 0.05) is 22.0 Å². The van der Waals surface area contributed by atoms with E-state index < -0.39 is 6.04 Å². The van der Waals surface area contributed by atoms with Crippen LogP contribution in [-0.2, 0) is 0 Å². The Morgan fingerprint density at radius 2 is 1.72 bits per heavy atom. The smallest absolute Gasteiger partial charge is 0.237 e. The minimum Gasteiger partial charge on any atom is -0.352 e. The minimum atomic E-state index is -0.481. The summed E-state index contributed by atoms with van der Waals surface area (Å²) >= 11 is 0. The molecule has 3 aromatic carbocycles. The fourth-order valence-corrected chi connectivity index (χ4v) is 4.86. The number of quaternary nitrogens is 1. The number of para-hydroxylation sites is 2. The third-order valence-electron chi connectivity index (χ3n) is 6.69. The number of carbonyl (C=O) groups excluding carboxylic acids is 1. The molecule has 0 amide bonds. The second-order valence-electron chi connectivity index (χ2n) is 8.52. The number of hydrogen-bond donors (Lipinski definition) is 3. The lowest BCUT2D eigenvalue weighted by molar-refractivity contribution is 0.0856. The number of nitrogens with two attached hydrogens (primary N) is 1. The molecule has 1 aromatic heterocycles. The maximum Gasteiger partial charge on any atom is 0.237 e. The third kappa shape index (κ3) is 3.24. The fourth-order valence-electron chi connectivity index (χ4n) is 4.86. The van der Waals surface area contributed by atoms with Crippen molar-refractivity contribution in [2.24, 2.45) is 5.73 Å². The number of nitrogens with zero attached hydrogens (tertiary/aromatic N) is 1. The van der Waals surface area contributed by atoms with Crippen LogP contribution in [0.5, 0.6) is 0 Å². The SMILES string of the molecule is C[N+]1(CN)c2ccccc2C(c2ccccc2F)NCC1C(=O)c1cc2ccccc2[nH]1. The molecule has 0 fully saturated rings. The summed E-state index contributed by atoms with van der Waals surface area (Å²) in [5.41, 5.74) is 10.2. The Hall–Kier alpha value is -3.32. The summed E-state index contributed by atoms with van der Waals surface area (Å²) in [5.74, 6) is -0.298.